The standard InChI is InChI=1S/C24H16Cl3IN2O3/c1-32-21-11-15(10-19(28)23(21)33-13-14-5-7-17(25)8-6-14)9-16(12-29)24(31)30-20-4-2-3-18(26)22(20)27/h2-11H,13H2,1H3,(H,30,31)/b16-9+. The Morgan fingerprint density at radius 2 is 1.88 bits per heavy atom. The van der Waals surface area contributed by atoms with Crippen LogP contribution in [0.2, 0.25) is 15.1 Å². The van der Waals surface area contributed by atoms with Crippen molar-refractivity contribution >= 4 is 75.1 Å². The molecule has 0 aliphatic heterocycles. The van der Waals surface area contributed by atoms with Crippen LogP contribution in [-0.4, -0.2) is 13.0 Å². The fraction of sp³-hybridized carbons (Fsp3) is 0.0833. The summed E-state index contributed by atoms with van der Waals surface area (Å²) in [4.78, 5) is 12.6. The number of carbonyl (C=O) groups is 1. The quantitative estimate of drug-likeness (QED) is 0.172. The molecule has 0 heterocycles. The lowest BCUT2D eigenvalue weighted by Gasteiger charge is -2.14. The number of hydrogen-bond acceptors (Lipinski definition) is 4. The maximum absolute atomic E-state index is 12.6. The molecule has 0 fully saturated rings. The van der Waals surface area contributed by atoms with E-state index in [1.807, 2.05) is 18.2 Å². The molecule has 33 heavy (non-hydrogen) atoms. The molecule has 0 saturated heterocycles. The molecule has 0 aliphatic carbocycles. The Balaban J connectivity index is 1.83. The molecule has 3 aromatic rings. The number of anilines is 1. The Labute approximate surface area is 220 Å². The number of amides is 1. The first-order chi connectivity index (χ1) is 15.8. The van der Waals surface area contributed by atoms with Gasteiger partial charge in [0, 0.05) is 5.02 Å². The van der Waals surface area contributed by atoms with Gasteiger partial charge in [-0.2, -0.15) is 5.26 Å². The van der Waals surface area contributed by atoms with Gasteiger partial charge in [0.15, 0.2) is 11.5 Å². The van der Waals surface area contributed by atoms with Gasteiger partial charge < -0.3 is 14.8 Å². The maximum atomic E-state index is 12.6. The highest BCUT2D eigenvalue weighted by Gasteiger charge is 2.15. The van der Waals surface area contributed by atoms with Crippen molar-refractivity contribution in [2.45, 2.75) is 6.61 Å². The summed E-state index contributed by atoms with van der Waals surface area (Å²) >= 11 is 20.1. The van der Waals surface area contributed by atoms with Crippen LogP contribution >= 0.6 is 57.4 Å². The fourth-order valence-electron chi connectivity index (χ4n) is 2.80. The summed E-state index contributed by atoms with van der Waals surface area (Å²) in [6.07, 6.45) is 1.46. The van der Waals surface area contributed by atoms with Crippen LogP contribution in [0.5, 0.6) is 11.5 Å². The molecule has 168 valence electrons. The summed E-state index contributed by atoms with van der Waals surface area (Å²) in [5, 5.41) is 13.3. The van der Waals surface area contributed by atoms with Gasteiger partial charge >= 0.3 is 0 Å². The highest BCUT2D eigenvalue weighted by molar-refractivity contribution is 14.1. The summed E-state index contributed by atoms with van der Waals surface area (Å²) in [6.45, 7) is 0.324. The second-order valence-corrected chi connectivity index (χ2v) is 9.06. The van der Waals surface area contributed by atoms with Crippen molar-refractivity contribution in [3.8, 4) is 17.6 Å². The molecule has 3 aromatic carbocycles. The number of ether oxygens (including phenoxy) is 2. The second kappa shape index (κ2) is 11.6. The summed E-state index contributed by atoms with van der Waals surface area (Å²) in [5.74, 6) is 0.412. The molecule has 0 aliphatic rings. The predicted molar refractivity (Wildman–Crippen MR) is 140 cm³/mol. The van der Waals surface area contributed by atoms with Crippen LogP contribution in [0.15, 0.2) is 60.2 Å². The number of nitriles is 1. The topological polar surface area (TPSA) is 71.3 Å². The minimum atomic E-state index is -0.612. The largest absolute Gasteiger partial charge is 0.493 e. The van der Waals surface area contributed by atoms with Gasteiger partial charge in [-0.3, -0.25) is 4.79 Å². The van der Waals surface area contributed by atoms with E-state index in [0.717, 1.165) is 9.13 Å². The third-order valence-electron chi connectivity index (χ3n) is 4.42. The normalized spacial score (nSPS) is 11.0. The van der Waals surface area contributed by atoms with Gasteiger partial charge in [-0.05, 0) is 76.2 Å². The number of rotatable bonds is 7. The third-order valence-corrected chi connectivity index (χ3v) is 6.30. The molecule has 0 aromatic heterocycles. The van der Waals surface area contributed by atoms with Crippen molar-refractivity contribution in [3.05, 3.63) is 89.9 Å². The van der Waals surface area contributed by atoms with Crippen LogP contribution in [0.1, 0.15) is 11.1 Å². The Morgan fingerprint density at radius 1 is 1.15 bits per heavy atom. The van der Waals surface area contributed by atoms with E-state index < -0.39 is 5.91 Å². The highest BCUT2D eigenvalue weighted by atomic mass is 127. The van der Waals surface area contributed by atoms with Crippen LogP contribution in [0.25, 0.3) is 6.08 Å². The first kappa shape index (κ1) is 25.2. The average Bonchev–Trinajstić information content (AvgIpc) is 2.80. The molecule has 9 heteroatoms. The van der Waals surface area contributed by atoms with Gasteiger partial charge in [0.25, 0.3) is 5.91 Å². The first-order valence-electron chi connectivity index (χ1n) is 9.44. The molecule has 0 unspecified atom stereocenters. The average molecular weight is 614 g/mol. The number of nitrogens with zero attached hydrogens (tertiary/aromatic N) is 1. The molecule has 5 nitrogen and oxygen atoms in total. The van der Waals surface area contributed by atoms with Crippen LogP contribution in [0.4, 0.5) is 5.69 Å². The molecule has 0 radical (unpaired) electrons. The van der Waals surface area contributed by atoms with Gasteiger partial charge in [0.2, 0.25) is 0 Å². The van der Waals surface area contributed by atoms with E-state index in [4.69, 9.17) is 44.3 Å². The van der Waals surface area contributed by atoms with E-state index in [1.165, 1.54) is 13.2 Å². The summed E-state index contributed by atoms with van der Waals surface area (Å²) in [6, 6.07) is 17.6. The number of methoxy groups -OCH3 is 1. The monoisotopic (exact) mass is 612 g/mol. The Bertz CT molecular complexity index is 1260. The van der Waals surface area contributed by atoms with Crippen molar-refractivity contribution < 1.29 is 14.3 Å². The lowest BCUT2D eigenvalue weighted by molar-refractivity contribution is -0.112. The summed E-state index contributed by atoms with van der Waals surface area (Å²) < 4.78 is 12.2. The van der Waals surface area contributed by atoms with Gasteiger partial charge in [-0.15, -0.1) is 0 Å². The minimum absolute atomic E-state index is 0.112. The van der Waals surface area contributed by atoms with Gasteiger partial charge in [-0.1, -0.05) is 53.0 Å². The van der Waals surface area contributed by atoms with Gasteiger partial charge in [0.05, 0.1) is 26.4 Å². The molecule has 1 amide bonds. The fourth-order valence-corrected chi connectivity index (χ4v) is 4.06. The summed E-state index contributed by atoms with van der Waals surface area (Å²) in [7, 11) is 1.52. The number of benzene rings is 3. The Kier molecular flexibility index (Phi) is 8.87. The van der Waals surface area contributed by atoms with Gasteiger partial charge in [0.1, 0.15) is 18.2 Å². The zero-order chi connectivity index (χ0) is 24.0. The summed E-state index contributed by atoms with van der Waals surface area (Å²) in [5.41, 5.74) is 1.75. The van der Waals surface area contributed by atoms with Crippen molar-refractivity contribution in [2.75, 3.05) is 12.4 Å². The third kappa shape index (κ3) is 6.55. The molecule has 1 N–H and O–H groups in total. The van der Waals surface area contributed by atoms with Gasteiger partial charge in [-0.25, -0.2) is 0 Å². The number of carbonyl (C=O) groups excluding carboxylic acids is 1. The van der Waals surface area contributed by atoms with E-state index in [1.54, 1.807) is 42.5 Å². The van der Waals surface area contributed by atoms with Crippen LogP contribution < -0.4 is 14.8 Å². The van der Waals surface area contributed by atoms with E-state index >= 15 is 0 Å². The molecule has 0 atom stereocenters. The van der Waals surface area contributed by atoms with Crippen molar-refractivity contribution in [2.24, 2.45) is 0 Å². The van der Waals surface area contributed by atoms with E-state index in [2.05, 4.69) is 27.9 Å². The lowest BCUT2D eigenvalue weighted by atomic mass is 10.1. The second-order valence-electron chi connectivity index (χ2n) is 6.67. The van der Waals surface area contributed by atoms with Crippen LogP contribution in [0, 0.1) is 14.9 Å². The highest BCUT2D eigenvalue weighted by Crippen LogP contribution is 2.35. The molecule has 0 saturated carbocycles. The Hall–Kier alpha value is -2.44. The molecule has 3 rings (SSSR count). The smallest absolute Gasteiger partial charge is 0.266 e. The first-order valence-corrected chi connectivity index (χ1v) is 11.7. The predicted octanol–water partition coefficient (Wildman–Crippen LogP) is 7.38. The number of nitrogens with one attached hydrogen (secondary N) is 1. The van der Waals surface area contributed by atoms with Crippen LogP contribution in [-0.2, 0) is 11.4 Å². The van der Waals surface area contributed by atoms with E-state index in [0.29, 0.717) is 39.4 Å². The van der Waals surface area contributed by atoms with E-state index in [9.17, 15) is 10.1 Å². The SMILES string of the molecule is COc1cc(/C=C(\C#N)C(=O)Nc2cccc(Cl)c2Cl)cc(I)c1OCc1ccc(Cl)cc1. The molecule has 0 spiro atoms. The van der Waals surface area contributed by atoms with Crippen molar-refractivity contribution in [1.29, 1.82) is 5.26 Å². The lowest BCUT2D eigenvalue weighted by Crippen LogP contribution is -2.13. The van der Waals surface area contributed by atoms with Crippen molar-refractivity contribution in [1.82, 2.24) is 0 Å². The molecule has 0 bridgehead atoms. The molecular weight excluding hydrogens is 598 g/mol. The number of halogens is 4. The van der Waals surface area contributed by atoms with Crippen molar-refractivity contribution in [3.63, 3.8) is 0 Å². The number of hydrogen-bond donors (Lipinski definition) is 1. The zero-order valence-electron chi connectivity index (χ0n) is 17.2. The Morgan fingerprint density at radius 3 is 2.55 bits per heavy atom. The minimum Gasteiger partial charge on any atom is -0.493 e. The molecular formula is C24H16Cl3IN2O3. The van der Waals surface area contributed by atoms with Crippen LogP contribution in [0.3, 0.4) is 0 Å². The zero-order valence-corrected chi connectivity index (χ0v) is 21.6. The maximum Gasteiger partial charge on any atom is 0.266 e. The van der Waals surface area contributed by atoms with E-state index in [-0.39, 0.29) is 10.6 Å².